The summed E-state index contributed by atoms with van der Waals surface area (Å²) in [6.45, 7) is 4.68. The van der Waals surface area contributed by atoms with E-state index < -0.39 is 17.7 Å². The van der Waals surface area contributed by atoms with E-state index in [1.54, 1.807) is 38.1 Å². The number of aliphatic hydroxyl groups is 1. The lowest BCUT2D eigenvalue weighted by atomic mass is 9.94. The van der Waals surface area contributed by atoms with E-state index in [0.717, 1.165) is 12.1 Å². The van der Waals surface area contributed by atoms with E-state index in [2.05, 4.69) is 10.2 Å². The van der Waals surface area contributed by atoms with Crippen LogP contribution in [0.25, 0.3) is 5.76 Å². The first kappa shape index (κ1) is 21.1. The zero-order valence-electron chi connectivity index (χ0n) is 17.0. The van der Waals surface area contributed by atoms with Crippen LogP contribution in [0.15, 0.2) is 29.8 Å². The molecule has 29 heavy (non-hydrogen) atoms. The summed E-state index contributed by atoms with van der Waals surface area (Å²) in [4.78, 5) is 29.4. The summed E-state index contributed by atoms with van der Waals surface area (Å²) in [7, 11) is 3.91. The van der Waals surface area contributed by atoms with Crippen LogP contribution >= 0.6 is 11.6 Å². The van der Waals surface area contributed by atoms with Gasteiger partial charge in [-0.15, -0.1) is 0 Å². The number of aromatic amines is 1. The van der Waals surface area contributed by atoms with Crippen molar-refractivity contribution in [2.24, 2.45) is 0 Å². The standard InChI is InChI=1S/C21H25ClN4O3/c1-12-16(13(2)24-23-12)19(27)17-18(14-6-8-15(22)9-7-14)26(21(29)20(17)28)11-5-10-25(3)4/h6-9,18,27H,5,10-11H2,1-4H3,(H,23,24)/b19-17+/t18-/m0/s1. The van der Waals surface area contributed by atoms with E-state index in [-0.39, 0.29) is 11.3 Å². The summed E-state index contributed by atoms with van der Waals surface area (Å²) in [5.74, 6) is -1.50. The third-order valence-corrected chi connectivity index (χ3v) is 5.35. The first-order chi connectivity index (χ1) is 13.7. The summed E-state index contributed by atoms with van der Waals surface area (Å²) >= 11 is 6.03. The van der Waals surface area contributed by atoms with Crippen LogP contribution in [0.5, 0.6) is 0 Å². The molecule has 2 aromatic rings. The fraction of sp³-hybridized carbons (Fsp3) is 0.381. The zero-order valence-corrected chi connectivity index (χ0v) is 17.7. The Morgan fingerprint density at radius 1 is 1.24 bits per heavy atom. The van der Waals surface area contributed by atoms with Crippen molar-refractivity contribution in [2.45, 2.75) is 26.3 Å². The molecule has 3 rings (SSSR count). The number of halogens is 1. The Bertz CT molecular complexity index is 943. The zero-order chi connectivity index (χ0) is 21.3. The Balaban J connectivity index is 2.12. The van der Waals surface area contributed by atoms with Crippen LogP contribution in [0.3, 0.4) is 0 Å². The van der Waals surface area contributed by atoms with E-state index in [0.29, 0.717) is 34.9 Å². The van der Waals surface area contributed by atoms with Crippen molar-refractivity contribution >= 4 is 29.1 Å². The molecule has 8 heteroatoms. The van der Waals surface area contributed by atoms with E-state index >= 15 is 0 Å². The molecule has 0 radical (unpaired) electrons. The average Bonchev–Trinajstić information content (AvgIpc) is 3.13. The van der Waals surface area contributed by atoms with Gasteiger partial charge in [-0.3, -0.25) is 14.7 Å². The largest absolute Gasteiger partial charge is 0.507 e. The predicted molar refractivity (Wildman–Crippen MR) is 112 cm³/mol. The topological polar surface area (TPSA) is 89.5 Å². The number of benzene rings is 1. The second-order valence-corrected chi connectivity index (χ2v) is 7.95. The van der Waals surface area contributed by atoms with Crippen molar-refractivity contribution in [3.8, 4) is 0 Å². The van der Waals surface area contributed by atoms with Crippen LogP contribution in [0, 0.1) is 13.8 Å². The first-order valence-electron chi connectivity index (χ1n) is 9.43. The molecular formula is C21H25ClN4O3. The van der Waals surface area contributed by atoms with E-state index in [4.69, 9.17) is 11.6 Å². The molecule has 0 saturated carbocycles. The molecule has 1 amide bonds. The minimum absolute atomic E-state index is 0.0785. The molecule has 1 atom stereocenters. The summed E-state index contributed by atoms with van der Waals surface area (Å²) in [6.07, 6.45) is 0.702. The molecule has 154 valence electrons. The van der Waals surface area contributed by atoms with Crippen molar-refractivity contribution in [1.29, 1.82) is 0 Å². The van der Waals surface area contributed by atoms with Crippen LogP contribution in [0.4, 0.5) is 0 Å². The number of ketones is 1. The predicted octanol–water partition coefficient (Wildman–Crippen LogP) is 3.05. The van der Waals surface area contributed by atoms with Crippen molar-refractivity contribution in [3.05, 3.63) is 57.4 Å². The highest BCUT2D eigenvalue weighted by molar-refractivity contribution is 6.46. The van der Waals surface area contributed by atoms with Gasteiger partial charge in [0.1, 0.15) is 5.76 Å². The molecule has 1 aliphatic rings. The number of hydrogen-bond donors (Lipinski definition) is 2. The minimum atomic E-state index is -0.688. The number of hydrogen-bond acceptors (Lipinski definition) is 5. The SMILES string of the molecule is Cc1n[nH]c(C)c1/C(O)=C1\C(=O)C(=O)N(CCCN(C)C)[C@H]1c1ccc(Cl)cc1. The molecule has 1 aromatic carbocycles. The van der Waals surface area contributed by atoms with Crippen molar-refractivity contribution in [2.75, 3.05) is 27.2 Å². The lowest BCUT2D eigenvalue weighted by Crippen LogP contribution is -2.32. The first-order valence-corrected chi connectivity index (χ1v) is 9.80. The maximum absolute atomic E-state index is 12.9. The number of carbonyl (C=O) groups excluding carboxylic acids is 2. The minimum Gasteiger partial charge on any atom is -0.507 e. The molecule has 2 N–H and O–H groups in total. The summed E-state index contributed by atoms with van der Waals surface area (Å²) < 4.78 is 0. The number of amides is 1. The molecule has 7 nitrogen and oxygen atoms in total. The lowest BCUT2D eigenvalue weighted by molar-refractivity contribution is -0.139. The molecule has 0 aliphatic carbocycles. The molecule has 1 saturated heterocycles. The number of nitrogens with zero attached hydrogens (tertiary/aromatic N) is 3. The van der Waals surface area contributed by atoms with Gasteiger partial charge in [0.05, 0.1) is 22.9 Å². The maximum Gasteiger partial charge on any atom is 0.295 e. The molecule has 1 aliphatic heterocycles. The Hall–Kier alpha value is -2.64. The molecule has 0 unspecified atom stereocenters. The summed E-state index contributed by atoms with van der Waals surface area (Å²) in [6, 6.07) is 6.31. The van der Waals surface area contributed by atoms with Crippen LogP contribution in [-0.2, 0) is 9.59 Å². The fourth-order valence-corrected chi connectivity index (χ4v) is 3.82. The highest BCUT2D eigenvalue weighted by Crippen LogP contribution is 2.40. The smallest absolute Gasteiger partial charge is 0.295 e. The van der Waals surface area contributed by atoms with Gasteiger partial charge in [-0.2, -0.15) is 5.10 Å². The number of rotatable bonds is 6. The monoisotopic (exact) mass is 416 g/mol. The number of carbonyl (C=O) groups is 2. The number of Topliss-reactive ketones (excluding diaryl/α,β-unsaturated/α-hetero) is 1. The van der Waals surface area contributed by atoms with Gasteiger partial charge in [-0.1, -0.05) is 23.7 Å². The van der Waals surface area contributed by atoms with Crippen LogP contribution < -0.4 is 0 Å². The third kappa shape index (κ3) is 4.06. The Kier molecular flexibility index (Phi) is 6.10. The van der Waals surface area contributed by atoms with Crippen molar-refractivity contribution in [3.63, 3.8) is 0 Å². The number of nitrogens with one attached hydrogen (secondary N) is 1. The van der Waals surface area contributed by atoms with Crippen molar-refractivity contribution < 1.29 is 14.7 Å². The van der Waals surface area contributed by atoms with Gasteiger partial charge in [-0.25, -0.2) is 0 Å². The normalized spacial score (nSPS) is 18.8. The van der Waals surface area contributed by atoms with Gasteiger partial charge in [0, 0.05) is 17.3 Å². The van der Waals surface area contributed by atoms with E-state index in [9.17, 15) is 14.7 Å². The number of likely N-dealkylation sites (tertiary alicyclic amines) is 1. The fourth-order valence-electron chi connectivity index (χ4n) is 3.69. The Morgan fingerprint density at radius 3 is 2.45 bits per heavy atom. The number of aliphatic hydroxyl groups excluding tert-OH is 1. The molecule has 1 fully saturated rings. The lowest BCUT2D eigenvalue weighted by Gasteiger charge is -2.26. The second kappa shape index (κ2) is 8.39. The molecule has 2 heterocycles. The van der Waals surface area contributed by atoms with Crippen LogP contribution in [0.2, 0.25) is 5.02 Å². The van der Waals surface area contributed by atoms with E-state index in [1.807, 2.05) is 19.0 Å². The number of aromatic nitrogens is 2. The third-order valence-electron chi connectivity index (χ3n) is 5.09. The van der Waals surface area contributed by atoms with E-state index in [1.165, 1.54) is 4.90 Å². The second-order valence-electron chi connectivity index (χ2n) is 7.51. The Labute approximate surface area is 175 Å². The molecule has 0 bridgehead atoms. The molecule has 1 aromatic heterocycles. The van der Waals surface area contributed by atoms with Crippen LogP contribution in [-0.4, -0.2) is 64.0 Å². The highest BCUT2D eigenvalue weighted by atomic mass is 35.5. The van der Waals surface area contributed by atoms with Gasteiger partial charge in [0.15, 0.2) is 0 Å². The average molecular weight is 417 g/mol. The van der Waals surface area contributed by atoms with Gasteiger partial charge < -0.3 is 14.9 Å². The maximum atomic E-state index is 12.9. The summed E-state index contributed by atoms with van der Waals surface area (Å²) in [5.41, 5.74) is 2.45. The number of aryl methyl sites for hydroxylation is 2. The molecular weight excluding hydrogens is 392 g/mol. The van der Waals surface area contributed by atoms with Gasteiger partial charge in [0.25, 0.3) is 11.7 Å². The number of H-pyrrole nitrogens is 1. The van der Waals surface area contributed by atoms with Crippen LogP contribution in [0.1, 0.15) is 35.0 Å². The highest BCUT2D eigenvalue weighted by Gasteiger charge is 2.46. The van der Waals surface area contributed by atoms with Gasteiger partial charge in [-0.05, 0) is 58.6 Å². The summed E-state index contributed by atoms with van der Waals surface area (Å²) in [5, 5.41) is 18.5. The Morgan fingerprint density at radius 2 is 1.90 bits per heavy atom. The van der Waals surface area contributed by atoms with Gasteiger partial charge >= 0.3 is 0 Å². The quantitative estimate of drug-likeness (QED) is 0.429. The molecule has 0 spiro atoms. The van der Waals surface area contributed by atoms with Gasteiger partial charge in [0.2, 0.25) is 0 Å². The van der Waals surface area contributed by atoms with Crippen molar-refractivity contribution in [1.82, 2.24) is 20.0 Å².